The Morgan fingerprint density at radius 2 is 2.22 bits per heavy atom. The van der Waals surface area contributed by atoms with E-state index in [-0.39, 0.29) is 5.97 Å². The normalized spacial score (nSPS) is 14.3. The van der Waals surface area contributed by atoms with Gasteiger partial charge in [0.25, 0.3) is 0 Å². The second-order valence-corrected chi connectivity index (χ2v) is 8.16. The van der Waals surface area contributed by atoms with Gasteiger partial charge in [-0.2, -0.15) is 5.10 Å². The van der Waals surface area contributed by atoms with Crippen LogP contribution in [0, 0.1) is 0 Å². The second-order valence-electron chi connectivity index (χ2n) is 6.45. The van der Waals surface area contributed by atoms with Crippen LogP contribution >= 0.6 is 22.9 Å². The van der Waals surface area contributed by atoms with Gasteiger partial charge < -0.3 is 4.74 Å². The standard InChI is InChI=1S/C20H20ClN3O2S/c1-3-24-20-14(11-22-24)18(15-8-9-16(21)27-15)13(7-10-17(25)26-4-2)19(23-20)12-5-6-12/h7-12H,3-6H2,1-2H3. The monoisotopic (exact) mass is 401 g/mol. The number of hydrogen-bond donors (Lipinski definition) is 0. The topological polar surface area (TPSA) is 57.0 Å². The van der Waals surface area contributed by atoms with E-state index >= 15 is 0 Å². The fourth-order valence-corrected chi connectivity index (χ4v) is 4.36. The average Bonchev–Trinajstić information content (AvgIpc) is 3.29. The summed E-state index contributed by atoms with van der Waals surface area (Å²) < 4.78 is 7.70. The zero-order valence-electron chi connectivity index (χ0n) is 15.2. The molecule has 0 atom stereocenters. The minimum Gasteiger partial charge on any atom is -0.463 e. The van der Waals surface area contributed by atoms with E-state index in [1.54, 1.807) is 6.92 Å². The maximum Gasteiger partial charge on any atom is 0.330 e. The Morgan fingerprint density at radius 1 is 1.41 bits per heavy atom. The Morgan fingerprint density at radius 3 is 2.85 bits per heavy atom. The van der Waals surface area contributed by atoms with Crippen LogP contribution in [-0.2, 0) is 16.1 Å². The van der Waals surface area contributed by atoms with Crippen molar-refractivity contribution < 1.29 is 9.53 Å². The molecule has 0 aliphatic heterocycles. The molecule has 1 saturated carbocycles. The van der Waals surface area contributed by atoms with Crippen LogP contribution in [0.2, 0.25) is 4.34 Å². The van der Waals surface area contributed by atoms with Crippen molar-refractivity contribution in [2.45, 2.75) is 39.2 Å². The summed E-state index contributed by atoms with van der Waals surface area (Å²) in [6.07, 6.45) is 7.41. The third-order valence-electron chi connectivity index (χ3n) is 4.61. The molecule has 0 unspecified atom stereocenters. The lowest BCUT2D eigenvalue weighted by Crippen LogP contribution is -2.03. The zero-order valence-corrected chi connectivity index (χ0v) is 16.8. The Labute approximate surface area is 166 Å². The summed E-state index contributed by atoms with van der Waals surface area (Å²) in [5.41, 5.74) is 3.91. The van der Waals surface area contributed by atoms with E-state index in [4.69, 9.17) is 21.3 Å². The molecule has 140 valence electrons. The number of rotatable bonds is 6. The number of aryl methyl sites for hydroxylation is 1. The molecule has 7 heteroatoms. The third-order valence-corrected chi connectivity index (χ3v) is 5.86. The molecule has 0 saturated heterocycles. The number of ether oxygens (including phenoxy) is 1. The number of halogens is 1. The van der Waals surface area contributed by atoms with Crippen molar-refractivity contribution in [1.29, 1.82) is 0 Å². The highest BCUT2D eigenvalue weighted by atomic mass is 35.5. The van der Waals surface area contributed by atoms with Crippen LogP contribution in [0.15, 0.2) is 24.4 Å². The van der Waals surface area contributed by atoms with Gasteiger partial charge in [-0.3, -0.25) is 0 Å². The van der Waals surface area contributed by atoms with Gasteiger partial charge in [0, 0.05) is 39.9 Å². The van der Waals surface area contributed by atoms with Crippen LogP contribution in [0.3, 0.4) is 0 Å². The largest absolute Gasteiger partial charge is 0.463 e. The first kappa shape index (κ1) is 18.2. The SMILES string of the molecule is CCOC(=O)C=Cc1c(C2CC2)nc2c(cnn2CC)c1-c1ccc(Cl)s1. The molecule has 3 aromatic heterocycles. The number of pyridine rings is 1. The van der Waals surface area contributed by atoms with Gasteiger partial charge in [0.2, 0.25) is 0 Å². The van der Waals surface area contributed by atoms with Crippen molar-refractivity contribution in [2.75, 3.05) is 6.61 Å². The van der Waals surface area contributed by atoms with Crippen LogP contribution in [0.5, 0.6) is 0 Å². The molecule has 0 bridgehead atoms. The summed E-state index contributed by atoms with van der Waals surface area (Å²) in [4.78, 5) is 17.9. The highest BCUT2D eigenvalue weighted by molar-refractivity contribution is 7.19. The van der Waals surface area contributed by atoms with Gasteiger partial charge in [0.1, 0.15) is 0 Å². The van der Waals surface area contributed by atoms with Crippen molar-refractivity contribution in [3.63, 3.8) is 0 Å². The maximum atomic E-state index is 11.9. The fraction of sp³-hybridized carbons (Fsp3) is 0.350. The maximum absolute atomic E-state index is 11.9. The van der Waals surface area contributed by atoms with Gasteiger partial charge >= 0.3 is 5.97 Å². The van der Waals surface area contributed by atoms with Crippen LogP contribution in [0.1, 0.15) is 43.9 Å². The third kappa shape index (κ3) is 3.51. The molecule has 3 aromatic rings. The predicted molar refractivity (Wildman–Crippen MR) is 109 cm³/mol. The van der Waals surface area contributed by atoms with Crippen molar-refractivity contribution >= 4 is 46.0 Å². The van der Waals surface area contributed by atoms with E-state index in [0.717, 1.165) is 56.5 Å². The Kier molecular flexibility index (Phi) is 5.02. The van der Waals surface area contributed by atoms with Crippen LogP contribution in [-0.4, -0.2) is 27.3 Å². The number of nitrogens with zero attached hydrogens (tertiary/aromatic N) is 3. The molecular formula is C20H20ClN3O2S. The molecule has 3 heterocycles. The fourth-order valence-electron chi connectivity index (χ4n) is 3.24. The molecule has 0 N–H and O–H groups in total. The summed E-state index contributed by atoms with van der Waals surface area (Å²) >= 11 is 7.74. The summed E-state index contributed by atoms with van der Waals surface area (Å²) in [7, 11) is 0. The quantitative estimate of drug-likeness (QED) is 0.416. The van der Waals surface area contributed by atoms with E-state index in [1.165, 1.54) is 17.4 Å². The van der Waals surface area contributed by atoms with E-state index in [9.17, 15) is 4.79 Å². The van der Waals surface area contributed by atoms with Crippen LogP contribution in [0.4, 0.5) is 0 Å². The number of fused-ring (bicyclic) bond motifs is 1. The average molecular weight is 402 g/mol. The lowest BCUT2D eigenvalue weighted by Gasteiger charge is -2.12. The molecule has 1 aliphatic carbocycles. The second kappa shape index (κ2) is 7.44. The first-order valence-corrected chi connectivity index (χ1v) is 10.3. The van der Waals surface area contributed by atoms with E-state index in [1.807, 2.05) is 29.1 Å². The lowest BCUT2D eigenvalue weighted by atomic mass is 9.99. The van der Waals surface area contributed by atoms with Crippen molar-refractivity contribution in [2.24, 2.45) is 0 Å². The Balaban J connectivity index is 1.97. The summed E-state index contributed by atoms with van der Waals surface area (Å²) in [6, 6.07) is 3.91. The Bertz CT molecular complexity index is 1030. The minimum atomic E-state index is -0.348. The molecule has 1 fully saturated rings. The van der Waals surface area contributed by atoms with E-state index in [0.29, 0.717) is 12.5 Å². The number of esters is 1. The van der Waals surface area contributed by atoms with Crippen LogP contribution < -0.4 is 0 Å². The molecule has 0 radical (unpaired) electrons. The number of thiophene rings is 1. The summed E-state index contributed by atoms with van der Waals surface area (Å²) in [5, 5.41) is 5.48. The summed E-state index contributed by atoms with van der Waals surface area (Å²) in [5.74, 6) is 0.0735. The molecule has 0 spiro atoms. The highest BCUT2D eigenvalue weighted by Gasteiger charge is 2.30. The number of aromatic nitrogens is 3. The molecule has 0 aromatic carbocycles. The predicted octanol–water partition coefficient (Wildman–Crippen LogP) is 5.29. The van der Waals surface area contributed by atoms with Gasteiger partial charge in [0.15, 0.2) is 5.65 Å². The highest BCUT2D eigenvalue weighted by Crippen LogP contribution is 2.46. The molecular weight excluding hydrogens is 382 g/mol. The van der Waals surface area contributed by atoms with E-state index < -0.39 is 0 Å². The van der Waals surface area contributed by atoms with Gasteiger partial charge in [-0.05, 0) is 44.9 Å². The lowest BCUT2D eigenvalue weighted by molar-refractivity contribution is -0.137. The van der Waals surface area contributed by atoms with Gasteiger partial charge in [-0.1, -0.05) is 11.6 Å². The number of carbonyl (C=O) groups excluding carboxylic acids is 1. The van der Waals surface area contributed by atoms with Crippen molar-refractivity contribution in [3.8, 4) is 10.4 Å². The van der Waals surface area contributed by atoms with E-state index in [2.05, 4.69) is 12.0 Å². The van der Waals surface area contributed by atoms with Gasteiger partial charge in [-0.25, -0.2) is 14.5 Å². The van der Waals surface area contributed by atoms with Gasteiger partial charge in [-0.15, -0.1) is 11.3 Å². The van der Waals surface area contributed by atoms with Gasteiger partial charge in [0.05, 0.1) is 22.8 Å². The first-order valence-electron chi connectivity index (χ1n) is 9.12. The molecule has 5 nitrogen and oxygen atoms in total. The Hall–Kier alpha value is -2.18. The van der Waals surface area contributed by atoms with Crippen molar-refractivity contribution in [3.05, 3.63) is 40.0 Å². The molecule has 1 aliphatic rings. The minimum absolute atomic E-state index is 0.348. The summed E-state index contributed by atoms with van der Waals surface area (Å²) in [6.45, 7) is 4.96. The number of hydrogen-bond acceptors (Lipinski definition) is 5. The van der Waals surface area contributed by atoms with Crippen LogP contribution in [0.25, 0.3) is 27.6 Å². The smallest absolute Gasteiger partial charge is 0.330 e. The molecule has 27 heavy (non-hydrogen) atoms. The molecule has 0 amide bonds. The van der Waals surface area contributed by atoms with Crippen molar-refractivity contribution in [1.82, 2.24) is 14.8 Å². The number of carbonyl (C=O) groups is 1. The zero-order chi connectivity index (χ0) is 19.0. The first-order chi connectivity index (χ1) is 13.1. The molecule has 4 rings (SSSR count).